The summed E-state index contributed by atoms with van der Waals surface area (Å²) in [5, 5.41) is 4.63. The molecule has 0 aliphatic carbocycles. The van der Waals surface area contributed by atoms with Crippen LogP contribution in [0.1, 0.15) is 6.42 Å². The van der Waals surface area contributed by atoms with E-state index in [9.17, 15) is 0 Å². The Kier molecular flexibility index (Phi) is 4.52. The standard InChI is InChI=1S/C16H22N4O/c17-13-2-3-14-15(4-6-19-16(14)12-13)18-5-1-7-20-8-10-21-11-9-20/h2-4,6,12H,1,5,7-11,17H2,(H,18,19). The van der Waals surface area contributed by atoms with E-state index in [1.54, 1.807) is 0 Å². The molecule has 1 aromatic heterocycles. The zero-order chi connectivity index (χ0) is 14.5. The van der Waals surface area contributed by atoms with Gasteiger partial charge in [-0.1, -0.05) is 0 Å². The molecule has 0 radical (unpaired) electrons. The Hall–Kier alpha value is -1.85. The number of nitrogens with one attached hydrogen (secondary N) is 1. The normalized spacial score (nSPS) is 16.2. The summed E-state index contributed by atoms with van der Waals surface area (Å²) in [6.07, 6.45) is 2.95. The van der Waals surface area contributed by atoms with Gasteiger partial charge in [0.15, 0.2) is 0 Å². The summed E-state index contributed by atoms with van der Waals surface area (Å²) in [6.45, 7) is 5.91. The molecule has 5 nitrogen and oxygen atoms in total. The van der Waals surface area contributed by atoms with Crippen LogP contribution in [0.15, 0.2) is 30.5 Å². The minimum Gasteiger partial charge on any atom is -0.399 e. The molecule has 1 fully saturated rings. The summed E-state index contributed by atoms with van der Waals surface area (Å²) < 4.78 is 5.36. The van der Waals surface area contributed by atoms with Gasteiger partial charge in [0.1, 0.15) is 0 Å². The van der Waals surface area contributed by atoms with E-state index in [1.807, 2.05) is 30.5 Å². The first-order valence-corrected chi connectivity index (χ1v) is 7.51. The van der Waals surface area contributed by atoms with Crippen molar-refractivity contribution in [2.24, 2.45) is 0 Å². The number of hydrogen-bond acceptors (Lipinski definition) is 5. The van der Waals surface area contributed by atoms with Crippen molar-refractivity contribution in [3.8, 4) is 0 Å². The number of anilines is 2. The average Bonchev–Trinajstić information content (AvgIpc) is 2.52. The molecule has 3 N–H and O–H groups in total. The van der Waals surface area contributed by atoms with E-state index in [2.05, 4.69) is 15.2 Å². The van der Waals surface area contributed by atoms with Crippen LogP contribution in [0.5, 0.6) is 0 Å². The molecule has 1 aliphatic rings. The zero-order valence-corrected chi connectivity index (χ0v) is 12.2. The number of pyridine rings is 1. The zero-order valence-electron chi connectivity index (χ0n) is 12.2. The van der Waals surface area contributed by atoms with Crippen LogP contribution in [0.4, 0.5) is 11.4 Å². The number of nitrogens with two attached hydrogens (primary N) is 1. The molecule has 0 unspecified atom stereocenters. The predicted octanol–water partition coefficient (Wildman–Crippen LogP) is 1.95. The van der Waals surface area contributed by atoms with Crippen molar-refractivity contribution in [1.29, 1.82) is 0 Å². The average molecular weight is 286 g/mol. The maximum Gasteiger partial charge on any atom is 0.0743 e. The second kappa shape index (κ2) is 6.74. The molecule has 1 aliphatic heterocycles. The lowest BCUT2D eigenvalue weighted by Crippen LogP contribution is -2.37. The van der Waals surface area contributed by atoms with E-state index in [4.69, 9.17) is 10.5 Å². The molecular weight excluding hydrogens is 264 g/mol. The number of aromatic nitrogens is 1. The molecule has 1 saturated heterocycles. The molecule has 21 heavy (non-hydrogen) atoms. The van der Waals surface area contributed by atoms with Gasteiger partial charge in [-0.25, -0.2) is 0 Å². The minimum atomic E-state index is 0.750. The molecule has 112 valence electrons. The van der Waals surface area contributed by atoms with Gasteiger partial charge in [-0.2, -0.15) is 0 Å². The first-order valence-electron chi connectivity index (χ1n) is 7.51. The van der Waals surface area contributed by atoms with Gasteiger partial charge < -0.3 is 15.8 Å². The first-order chi connectivity index (χ1) is 10.3. The van der Waals surface area contributed by atoms with Gasteiger partial charge in [-0.05, 0) is 37.2 Å². The number of ether oxygens (including phenoxy) is 1. The van der Waals surface area contributed by atoms with E-state index in [1.165, 1.54) is 0 Å². The third kappa shape index (κ3) is 3.62. The number of morpholine rings is 1. The Morgan fingerprint density at radius 2 is 2.10 bits per heavy atom. The number of fused-ring (bicyclic) bond motifs is 1. The van der Waals surface area contributed by atoms with Gasteiger partial charge in [0, 0.05) is 42.6 Å². The van der Waals surface area contributed by atoms with Crippen LogP contribution in [-0.4, -0.2) is 49.3 Å². The summed E-state index contributed by atoms with van der Waals surface area (Å²) in [6, 6.07) is 7.88. The molecular formula is C16H22N4O. The monoisotopic (exact) mass is 286 g/mol. The first kappa shape index (κ1) is 14.1. The second-order valence-corrected chi connectivity index (χ2v) is 5.37. The van der Waals surface area contributed by atoms with Gasteiger partial charge in [-0.3, -0.25) is 9.88 Å². The van der Waals surface area contributed by atoms with Gasteiger partial charge in [0.25, 0.3) is 0 Å². The number of benzene rings is 1. The van der Waals surface area contributed by atoms with Crippen molar-refractivity contribution in [3.63, 3.8) is 0 Å². The largest absolute Gasteiger partial charge is 0.399 e. The molecule has 0 amide bonds. The summed E-state index contributed by atoms with van der Waals surface area (Å²) in [7, 11) is 0. The summed E-state index contributed by atoms with van der Waals surface area (Å²) in [5.74, 6) is 0. The lowest BCUT2D eigenvalue weighted by atomic mass is 10.1. The van der Waals surface area contributed by atoms with Crippen LogP contribution in [0.3, 0.4) is 0 Å². The molecule has 1 aromatic carbocycles. The lowest BCUT2D eigenvalue weighted by Gasteiger charge is -2.26. The summed E-state index contributed by atoms with van der Waals surface area (Å²) >= 11 is 0. The highest BCUT2D eigenvalue weighted by atomic mass is 16.5. The van der Waals surface area contributed by atoms with Gasteiger partial charge in [0.05, 0.1) is 18.7 Å². The maximum absolute atomic E-state index is 5.80. The Bertz CT molecular complexity index is 596. The van der Waals surface area contributed by atoms with Gasteiger partial charge in [0.2, 0.25) is 0 Å². The third-order valence-corrected chi connectivity index (χ3v) is 3.84. The third-order valence-electron chi connectivity index (χ3n) is 3.84. The smallest absolute Gasteiger partial charge is 0.0743 e. The Labute approximate surface area is 125 Å². The Morgan fingerprint density at radius 3 is 2.95 bits per heavy atom. The molecule has 0 bridgehead atoms. The molecule has 3 rings (SSSR count). The summed E-state index contributed by atoms with van der Waals surface area (Å²) in [5.41, 5.74) is 8.62. The number of nitrogen functional groups attached to an aromatic ring is 1. The van der Waals surface area contributed by atoms with Crippen molar-refractivity contribution >= 4 is 22.3 Å². The molecule has 2 aromatic rings. The fraction of sp³-hybridized carbons (Fsp3) is 0.438. The highest BCUT2D eigenvalue weighted by Crippen LogP contribution is 2.23. The van der Waals surface area contributed by atoms with E-state index < -0.39 is 0 Å². The minimum absolute atomic E-state index is 0.750. The quantitative estimate of drug-likeness (QED) is 0.650. The summed E-state index contributed by atoms with van der Waals surface area (Å²) in [4.78, 5) is 6.82. The number of rotatable bonds is 5. The molecule has 0 atom stereocenters. The SMILES string of the molecule is Nc1ccc2c(NCCCN3CCOCC3)ccnc2c1. The van der Waals surface area contributed by atoms with E-state index in [0.29, 0.717) is 0 Å². The molecule has 5 heteroatoms. The molecule has 2 heterocycles. The number of hydrogen-bond donors (Lipinski definition) is 2. The van der Waals surface area contributed by atoms with Crippen molar-refractivity contribution in [2.45, 2.75) is 6.42 Å². The molecule has 0 spiro atoms. The van der Waals surface area contributed by atoms with Crippen LogP contribution in [-0.2, 0) is 4.74 Å². The highest BCUT2D eigenvalue weighted by Gasteiger charge is 2.09. The van der Waals surface area contributed by atoms with Crippen LogP contribution in [0, 0.1) is 0 Å². The lowest BCUT2D eigenvalue weighted by molar-refractivity contribution is 0.0378. The fourth-order valence-corrected chi connectivity index (χ4v) is 2.67. The molecule has 0 saturated carbocycles. The Balaban J connectivity index is 1.55. The van der Waals surface area contributed by atoms with Crippen LogP contribution in [0.25, 0.3) is 10.9 Å². The fourth-order valence-electron chi connectivity index (χ4n) is 2.67. The topological polar surface area (TPSA) is 63.4 Å². The van der Waals surface area contributed by atoms with Crippen LogP contribution in [0.2, 0.25) is 0 Å². The maximum atomic E-state index is 5.80. The van der Waals surface area contributed by atoms with Crippen molar-refractivity contribution in [2.75, 3.05) is 50.4 Å². The predicted molar refractivity (Wildman–Crippen MR) is 86.5 cm³/mol. The highest BCUT2D eigenvalue weighted by molar-refractivity contribution is 5.92. The second-order valence-electron chi connectivity index (χ2n) is 5.37. The van der Waals surface area contributed by atoms with Crippen molar-refractivity contribution in [1.82, 2.24) is 9.88 Å². The van der Waals surface area contributed by atoms with Crippen molar-refractivity contribution in [3.05, 3.63) is 30.5 Å². The van der Waals surface area contributed by atoms with Gasteiger partial charge >= 0.3 is 0 Å². The van der Waals surface area contributed by atoms with E-state index >= 15 is 0 Å². The van der Waals surface area contributed by atoms with Crippen LogP contribution >= 0.6 is 0 Å². The van der Waals surface area contributed by atoms with Crippen molar-refractivity contribution < 1.29 is 4.74 Å². The number of nitrogens with zero attached hydrogens (tertiary/aromatic N) is 2. The van der Waals surface area contributed by atoms with Crippen LogP contribution < -0.4 is 11.1 Å². The van der Waals surface area contributed by atoms with Gasteiger partial charge in [-0.15, -0.1) is 0 Å². The Morgan fingerprint density at radius 1 is 1.24 bits per heavy atom. The van der Waals surface area contributed by atoms with E-state index in [-0.39, 0.29) is 0 Å². The van der Waals surface area contributed by atoms with E-state index in [0.717, 1.165) is 68.1 Å².